The summed E-state index contributed by atoms with van der Waals surface area (Å²) in [5, 5.41) is 0.900. The molecule has 0 amide bonds. The number of hydrogen-bond donors (Lipinski definition) is 1. The number of rotatable bonds is 6. The number of carbonyl (C=O) groups is 1. The summed E-state index contributed by atoms with van der Waals surface area (Å²) in [5.41, 5.74) is 9.35. The summed E-state index contributed by atoms with van der Waals surface area (Å²) in [7, 11) is 0. The van der Waals surface area contributed by atoms with E-state index in [1.54, 1.807) is 12.4 Å². The van der Waals surface area contributed by atoms with Crippen LogP contribution in [0.3, 0.4) is 0 Å². The van der Waals surface area contributed by atoms with Gasteiger partial charge in [-0.25, -0.2) is 9.97 Å². The van der Waals surface area contributed by atoms with E-state index in [2.05, 4.69) is 37.8 Å². The van der Waals surface area contributed by atoms with Crippen molar-refractivity contribution in [3.63, 3.8) is 0 Å². The van der Waals surface area contributed by atoms with E-state index in [0.717, 1.165) is 65.9 Å². The molecule has 1 aliphatic carbocycles. The zero-order valence-electron chi connectivity index (χ0n) is 19.3. The quantitative estimate of drug-likeness (QED) is 0.316. The van der Waals surface area contributed by atoms with Gasteiger partial charge < -0.3 is 19.9 Å². The molecule has 7 nitrogen and oxygen atoms in total. The van der Waals surface area contributed by atoms with Crippen LogP contribution in [-0.4, -0.2) is 38.8 Å². The molecule has 7 heteroatoms. The third kappa shape index (κ3) is 4.03. The highest BCUT2D eigenvalue weighted by molar-refractivity contribution is 6.00. The lowest BCUT2D eigenvalue weighted by atomic mass is 10.0. The smallest absolute Gasteiger partial charge is 0.146 e. The molecule has 1 saturated heterocycles. The average molecular weight is 466 g/mol. The summed E-state index contributed by atoms with van der Waals surface area (Å²) >= 11 is 0. The second-order valence-electron chi connectivity index (χ2n) is 9.42. The highest BCUT2D eigenvalue weighted by Gasteiger charge is 2.41. The monoisotopic (exact) mass is 465 g/mol. The zero-order valence-corrected chi connectivity index (χ0v) is 19.3. The van der Waals surface area contributed by atoms with Gasteiger partial charge in [0.25, 0.3) is 0 Å². The van der Waals surface area contributed by atoms with Crippen LogP contribution < -0.4 is 10.5 Å². The molecule has 0 bridgehead atoms. The van der Waals surface area contributed by atoms with Gasteiger partial charge in [0.1, 0.15) is 35.6 Å². The van der Waals surface area contributed by atoms with Crippen LogP contribution >= 0.6 is 0 Å². The minimum Gasteiger partial charge on any atom is -0.457 e. The Labute approximate surface area is 203 Å². The number of hydrogen-bond acceptors (Lipinski definition) is 6. The largest absolute Gasteiger partial charge is 0.457 e. The van der Waals surface area contributed by atoms with Gasteiger partial charge in [-0.3, -0.25) is 4.79 Å². The first-order chi connectivity index (χ1) is 17.2. The third-order valence-electron chi connectivity index (χ3n) is 7.31. The number of benzene rings is 2. The maximum absolute atomic E-state index is 10.7. The second-order valence-corrected chi connectivity index (χ2v) is 9.42. The van der Waals surface area contributed by atoms with Crippen molar-refractivity contribution in [2.24, 2.45) is 11.8 Å². The number of nitrogen functional groups attached to an aromatic ring is 1. The van der Waals surface area contributed by atoms with E-state index in [1.165, 1.54) is 0 Å². The highest BCUT2D eigenvalue weighted by Crippen LogP contribution is 2.46. The Hall–Kier alpha value is -4.13. The number of anilines is 1. The van der Waals surface area contributed by atoms with E-state index in [0.29, 0.717) is 23.7 Å². The van der Waals surface area contributed by atoms with E-state index in [1.807, 2.05) is 48.7 Å². The van der Waals surface area contributed by atoms with Gasteiger partial charge in [0.05, 0.1) is 5.39 Å². The Bertz CT molecular complexity index is 1370. The van der Waals surface area contributed by atoms with Crippen molar-refractivity contribution in [3.05, 3.63) is 79.4 Å². The van der Waals surface area contributed by atoms with Gasteiger partial charge in [0, 0.05) is 37.1 Å². The Morgan fingerprint density at radius 2 is 1.66 bits per heavy atom. The standard InChI is InChI=1S/C28H27N5O2/c29-27-26-25(19-7-9-24(10-8-19)35-23-5-2-1-3-6-23)17-33(28(26)31-18-30-27)22-13-20-15-32(11-4-12-34)16-21(20)14-22/h1-12,17-18,20-22H,13-16H2,(H2,29,30,31). The van der Waals surface area contributed by atoms with Crippen LogP contribution in [0.2, 0.25) is 0 Å². The van der Waals surface area contributed by atoms with Gasteiger partial charge in [-0.2, -0.15) is 0 Å². The second kappa shape index (κ2) is 8.91. The number of aldehydes is 1. The molecule has 0 radical (unpaired) electrons. The van der Waals surface area contributed by atoms with E-state index in [-0.39, 0.29) is 0 Å². The summed E-state index contributed by atoms with van der Waals surface area (Å²) < 4.78 is 8.27. The Morgan fingerprint density at radius 1 is 0.943 bits per heavy atom. The minimum absolute atomic E-state index is 0.369. The molecule has 35 heavy (non-hydrogen) atoms. The van der Waals surface area contributed by atoms with Crippen molar-refractivity contribution in [1.29, 1.82) is 0 Å². The Kier molecular flexibility index (Phi) is 5.45. The van der Waals surface area contributed by atoms with Crippen molar-refractivity contribution in [2.75, 3.05) is 18.8 Å². The topological polar surface area (TPSA) is 86.3 Å². The molecule has 0 spiro atoms. The molecule has 2 N–H and O–H groups in total. The number of likely N-dealkylation sites (tertiary alicyclic amines) is 1. The molecule has 1 aliphatic heterocycles. The number of nitrogens with zero attached hydrogens (tertiary/aromatic N) is 4. The molecule has 2 atom stereocenters. The van der Waals surface area contributed by atoms with Gasteiger partial charge >= 0.3 is 0 Å². The van der Waals surface area contributed by atoms with Crippen molar-refractivity contribution in [2.45, 2.75) is 18.9 Å². The van der Waals surface area contributed by atoms with Gasteiger partial charge in [0.2, 0.25) is 0 Å². The molecule has 3 heterocycles. The predicted molar refractivity (Wildman–Crippen MR) is 136 cm³/mol. The summed E-state index contributed by atoms with van der Waals surface area (Å²) in [6.07, 6.45) is 10.3. The van der Waals surface area contributed by atoms with Crippen molar-refractivity contribution in [3.8, 4) is 22.6 Å². The van der Waals surface area contributed by atoms with Crippen LogP contribution in [0.15, 0.2) is 79.4 Å². The molecule has 2 unspecified atom stereocenters. The Morgan fingerprint density at radius 3 is 2.37 bits per heavy atom. The lowest BCUT2D eigenvalue weighted by Crippen LogP contribution is -2.17. The minimum atomic E-state index is 0.369. The van der Waals surface area contributed by atoms with Crippen LogP contribution in [0, 0.1) is 11.8 Å². The molecule has 2 aromatic heterocycles. The fourth-order valence-electron chi connectivity index (χ4n) is 5.74. The number of fused-ring (bicyclic) bond motifs is 2. The first kappa shape index (κ1) is 21.4. The molecule has 1 saturated carbocycles. The molecular formula is C28H27N5O2. The molecule has 176 valence electrons. The number of ether oxygens (including phenoxy) is 1. The van der Waals surface area contributed by atoms with Gasteiger partial charge in [-0.1, -0.05) is 30.3 Å². The van der Waals surface area contributed by atoms with Gasteiger partial charge in [-0.05, 0) is 60.6 Å². The number of aromatic nitrogens is 3. The van der Waals surface area contributed by atoms with E-state index in [4.69, 9.17) is 10.5 Å². The van der Waals surface area contributed by atoms with E-state index in [9.17, 15) is 4.79 Å². The molecule has 4 aromatic rings. The van der Waals surface area contributed by atoms with Gasteiger partial charge in [0.15, 0.2) is 0 Å². The molecule has 6 rings (SSSR count). The first-order valence-electron chi connectivity index (χ1n) is 12.0. The third-order valence-corrected chi connectivity index (χ3v) is 7.31. The molecule has 2 fully saturated rings. The van der Waals surface area contributed by atoms with Crippen LogP contribution in [0.25, 0.3) is 22.2 Å². The fraction of sp³-hybridized carbons (Fsp3) is 0.250. The normalized spacial score (nSPS) is 21.6. The summed E-state index contributed by atoms with van der Waals surface area (Å²) in [4.78, 5) is 21.9. The first-order valence-corrected chi connectivity index (χ1v) is 12.0. The molecule has 2 aliphatic rings. The number of allylic oxidation sites excluding steroid dienone is 1. The maximum Gasteiger partial charge on any atom is 0.146 e. The van der Waals surface area contributed by atoms with Crippen LogP contribution in [0.5, 0.6) is 11.5 Å². The lowest BCUT2D eigenvalue weighted by Gasteiger charge is -2.18. The molecule has 2 aromatic carbocycles. The number of carbonyl (C=O) groups excluding carboxylic acids is 1. The van der Waals surface area contributed by atoms with Gasteiger partial charge in [-0.15, -0.1) is 0 Å². The Balaban J connectivity index is 1.29. The fourth-order valence-corrected chi connectivity index (χ4v) is 5.74. The summed E-state index contributed by atoms with van der Waals surface area (Å²) in [6, 6.07) is 18.2. The predicted octanol–water partition coefficient (Wildman–Crippen LogP) is 5.07. The highest BCUT2D eigenvalue weighted by atomic mass is 16.5. The zero-order chi connectivity index (χ0) is 23.8. The van der Waals surface area contributed by atoms with Crippen molar-refractivity contribution < 1.29 is 9.53 Å². The van der Waals surface area contributed by atoms with Crippen LogP contribution in [0.4, 0.5) is 5.82 Å². The van der Waals surface area contributed by atoms with Crippen molar-refractivity contribution >= 4 is 23.1 Å². The molecular weight excluding hydrogens is 438 g/mol. The average Bonchev–Trinajstić information content (AvgIpc) is 3.56. The lowest BCUT2D eigenvalue weighted by molar-refractivity contribution is -0.104. The SMILES string of the molecule is Nc1ncnc2c1c(-c1ccc(Oc3ccccc3)cc1)cn2C1CC2CN(C=CC=O)CC2C1. The van der Waals surface area contributed by atoms with Crippen LogP contribution in [-0.2, 0) is 4.79 Å². The van der Waals surface area contributed by atoms with Crippen LogP contribution in [0.1, 0.15) is 18.9 Å². The summed E-state index contributed by atoms with van der Waals surface area (Å²) in [6.45, 7) is 2.00. The van der Waals surface area contributed by atoms with E-state index < -0.39 is 0 Å². The van der Waals surface area contributed by atoms with E-state index >= 15 is 0 Å². The number of nitrogens with two attached hydrogens (primary N) is 1. The van der Waals surface area contributed by atoms with Crippen molar-refractivity contribution in [1.82, 2.24) is 19.4 Å². The number of para-hydroxylation sites is 1. The maximum atomic E-state index is 10.7. The summed E-state index contributed by atoms with van der Waals surface area (Å²) in [5.74, 6) is 3.32.